The van der Waals surface area contributed by atoms with Crippen LogP contribution in [0.15, 0.2) is 10.6 Å². The molecule has 0 atom stereocenters. The number of nitrogens with one attached hydrogen (secondary N) is 1. The number of hydrogen-bond donors (Lipinski definition) is 1. The van der Waals surface area contributed by atoms with Crippen molar-refractivity contribution in [1.29, 1.82) is 5.41 Å². The van der Waals surface area contributed by atoms with E-state index < -0.39 is 0 Å². The van der Waals surface area contributed by atoms with Crippen LogP contribution in [0.1, 0.15) is 18.4 Å². The molecule has 0 aromatic carbocycles. The Kier molecular flexibility index (Phi) is 1.63. The average Bonchev–Trinajstić information content (AvgIpc) is 2.34. The lowest BCUT2D eigenvalue weighted by molar-refractivity contribution is 0.386. The molecular weight excluding hydrogens is 116 g/mol. The molecule has 0 aliphatic rings. The van der Waals surface area contributed by atoms with Gasteiger partial charge in [0.05, 0.1) is 0 Å². The Morgan fingerprint density at radius 1 is 1.89 bits per heavy atom. The zero-order chi connectivity index (χ0) is 6.69. The summed E-state index contributed by atoms with van der Waals surface area (Å²) in [5, 5.41) is 10.4. The molecule has 0 radical (unpaired) electrons. The predicted molar refractivity (Wildman–Crippen MR) is 33.8 cm³/mol. The molecule has 0 unspecified atom stereocenters. The van der Waals surface area contributed by atoms with E-state index in [0.717, 1.165) is 12.2 Å². The molecule has 0 bridgehead atoms. The third kappa shape index (κ3) is 1.16. The second-order valence-electron chi connectivity index (χ2n) is 1.72. The third-order valence-electron chi connectivity index (χ3n) is 1.07. The third-order valence-corrected chi connectivity index (χ3v) is 1.07. The SMILES string of the molecule is CCc1cc(C=N)no1. The minimum atomic E-state index is 0.590. The molecule has 0 amide bonds. The lowest BCUT2D eigenvalue weighted by Crippen LogP contribution is -1.73. The lowest BCUT2D eigenvalue weighted by Gasteiger charge is -1.76. The first-order valence-electron chi connectivity index (χ1n) is 2.83. The van der Waals surface area contributed by atoms with Crippen molar-refractivity contribution in [1.82, 2.24) is 5.16 Å². The van der Waals surface area contributed by atoms with Crippen LogP contribution in [0.5, 0.6) is 0 Å². The fourth-order valence-corrected chi connectivity index (χ4v) is 0.564. The lowest BCUT2D eigenvalue weighted by atomic mass is 10.3. The average molecular weight is 124 g/mol. The van der Waals surface area contributed by atoms with E-state index in [1.807, 2.05) is 6.92 Å². The molecule has 1 heterocycles. The molecule has 0 fully saturated rings. The Morgan fingerprint density at radius 2 is 2.67 bits per heavy atom. The Hall–Kier alpha value is -1.12. The van der Waals surface area contributed by atoms with Crippen LogP contribution in [0.2, 0.25) is 0 Å². The summed E-state index contributed by atoms with van der Waals surface area (Å²) in [6.07, 6.45) is 2.00. The number of hydrogen-bond acceptors (Lipinski definition) is 3. The van der Waals surface area contributed by atoms with Gasteiger partial charge < -0.3 is 9.93 Å². The van der Waals surface area contributed by atoms with E-state index in [0.29, 0.717) is 5.69 Å². The van der Waals surface area contributed by atoms with Gasteiger partial charge in [0.2, 0.25) is 0 Å². The van der Waals surface area contributed by atoms with Crippen molar-refractivity contribution in [3.05, 3.63) is 17.5 Å². The zero-order valence-corrected chi connectivity index (χ0v) is 5.22. The monoisotopic (exact) mass is 124 g/mol. The molecule has 0 spiro atoms. The first-order chi connectivity index (χ1) is 4.36. The Morgan fingerprint density at radius 3 is 3.00 bits per heavy atom. The topological polar surface area (TPSA) is 49.9 Å². The maximum absolute atomic E-state index is 6.78. The number of aromatic nitrogens is 1. The van der Waals surface area contributed by atoms with Gasteiger partial charge in [0.1, 0.15) is 11.5 Å². The second-order valence-corrected chi connectivity index (χ2v) is 1.72. The summed E-state index contributed by atoms with van der Waals surface area (Å²) in [5.74, 6) is 0.827. The summed E-state index contributed by atoms with van der Waals surface area (Å²) in [6.45, 7) is 1.98. The number of nitrogens with zero attached hydrogens (tertiary/aromatic N) is 1. The quantitative estimate of drug-likeness (QED) is 0.603. The molecule has 48 valence electrons. The van der Waals surface area contributed by atoms with Crippen LogP contribution in [0.25, 0.3) is 0 Å². The highest BCUT2D eigenvalue weighted by molar-refractivity contribution is 5.73. The van der Waals surface area contributed by atoms with Gasteiger partial charge in [-0.2, -0.15) is 0 Å². The van der Waals surface area contributed by atoms with Crippen molar-refractivity contribution >= 4 is 6.21 Å². The van der Waals surface area contributed by atoms with Crippen molar-refractivity contribution in [2.75, 3.05) is 0 Å². The number of rotatable bonds is 2. The minimum Gasteiger partial charge on any atom is -0.361 e. The minimum absolute atomic E-state index is 0.590. The zero-order valence-electron chi connectivity index (χ0n) is 5.22. The molecule has 3 heteroatoms. The molecule has 3 nitrogen and oxygen atoms in total. The first-order valence-corrected chi connectivity index (χ1v) is 2.83. The molecule has 1 N–H and O–H groups in total. The van der Waals surface area contributed by atoms with E-state index in [-0.39, 0.29) is 0 Å². The van der Waals surface area contributed by atoms with Gasteiger partial charge in [-0.15, -0.1) is 0 Å². The van der Waals surface area contributed by atoms with Crippen LogP contribution in [-0.4, -0.2) is 11.4 Å². The van der Waals surface area contributed by atoms with Crippen molar-refractivity contribution in [2.45, 2.75) is 13.3 Å². The summed E-state index contributed by atoms with van der Waals surface area (Å²) in [5.41, 5.74) is 0.590. The highest BCUT2D eigenvalue weighted by Gasteiger charge is 1.96. The maximum Gasteiger partial charge on any atom is 0.137 e. The second kappa shape index (κ2) is 2.44. The van der Waals surface area contributed by atoms with Crippen LogP contribution >= 0.6 is 0 Å². The summed E-state index contributed by atoms with van der Waals surface area (Å²) in [4.78, 5) is 0. The smallest absolute Gasteiger partial charge is 0.137 e. The van der Waals surface area contributed by atoms with E-state index in [1.54, 1.807) is 6.07 Å². The van der Waals surface area contributed by atoms with E-state index in [2.05, 4.69) is 5.16 Å². The van der Waals surface area contributed by atoms with Crippen LogP contribution < -0.4 is 0 Å². The molecular formula is C6H8N2O. The molecule has 0 aliphatic carbocycles. The van der Waals surface area contributed by atoms with Crippen LogP contribution in [0, 0.1) is 5.41 Å². The van der Waals surface area contributed by atoms with E-state index in [9.17, 15) is 0 Å². The van der Waals surface area contributed by atoms with Gasteiger partial charge in [0, 0.05) is 18.7 Å². The largest absolute Gasteiger partial charge is 0.361 e. The van der Waals surface area contributed by atoms with Gasteiger partial charge in [-0.05, 0) is 0 Å². The van der Waals surface area contributed by atoms with E-state index in [1.165, 1.54) is 6.21 Å². The van der Waals surface area contributed by atoms with E-state index >= 15 is 0 Å². The van der Waals surface area contributed by atoms with Crippen molar-refractivity contribution in [3.63, 3.8) is 0 Å². The van der Waals surface area contributed by atoms with E-state index in [4.69, 9.17) is 9.93 Å². The number of aryl methyl sites for hydroxylation is 1. The summed E-state index contributed by atoms with van der Waals surface area (Å²) >= 11 is 0. The molecule has 1 aromatic rings. The van der Waals surface area contributed by atoms with Crippen LogP contribution in [0.4, 0.5) is 0 Å². The molecule has 0 saturated carbocycles. The summed E-state index contributed by atoms with van der Waals surface area (Å²) in [6, 6.07) is 1.76. The maximum atomic E-state index is 6.78. The normalized spacial score (nSPS) is 9.44. The molecule has 0 saturated heterocycles. The predicted octanol–water partition coefficient (Wildman–Crippen LogP) is 1.23. The van der Waals surface area contributed by atoms with Gasteiger partial charge in [-0.3, -0.25) is 0 Å². The van der Waals surface area contributed by atoms with Gasteiger partial charge >= 0.3 is 0 Å². The molecule has 1 rings (SSSR count). The molecule has 9 heavy (non-hydrogen) atoms. The van der Waals surface area contributed by atoms with Crippen molar-refractivity contribution in [2.24, 2.45) is 0 Å². The standard InChI is InChI=1S/C6H8N2O/c1-2-6-3-5(4-7)8-9-6/h3-4,7H,2H2,1H3. The fraction of sp³-hybridized carbons (Fsp3) is 0.333. The molecule has 0 aliphatic heterocycles. The summed E-state index contributed by atoms with van der Waals surface area (Å²) in [7, 11) is 0. The van der Waals surface area contributed by atoms with Crippen molar-refractivity contribution in [3.8, 4) is 0 Å². The van der Waals surface area contributed by atoms with Gasteiger partial charge in [0.15, 0.2) is 0 Å². The summed E-state index contributed by atoms with van der Waals surface area (Å²) < 4.78 is 4.80. The van der Waals surface area contributed by atoms with Crippen LogP contribution in [-0.2, 0) is 6.42 Å². The first kappa shape index (κ1) is 6.01. The van der Waals surface area contributed by atoms with Crippen molar-refractivity contribution < 1.29 is 4.52 Å². The van der Waals surface area contributed by atoms with Crippen LogP contribution in [0.3, 0.4) is 0 Å². The Balaban J connectivity index is 2.86. The molecule has 1 aromatic heterocycles. The van der Waals surface area contributed by atoms with Gasteiger partial charge in [0.25, 0.3) is 0 Å². The highest BCUT2D eigenvalue weighted by Crippen LogP contribution is 2.00. The van der Waals surface area contributed by atoms with Gasteiger partial charge in [-0.25, -0.2) is 0 Å². The fourth-order valence-electron chi connectivity index (χ4n) is 0.564. The Bertz CT molecular complexity index is 205. The Labute approximate surface area is 53.2 Å². The van der Waals surface area contributed by atoms with Gasteiger partial charge in [-0.1, -0.05) is 12.1 Å². The highest BCUT2D eigenvalue weighted by atomic mass is 16.5.